The molecule has 1 saturated heterocycles. The summed E-state index contributed by atoms with van der Waals surface area (Å²) in [7, 11) is -3.71. The molecular weight excluding hydrogens is 596 g/mol. The van der Waals surface area contributed by atoms with Crippen LogP contribution in [0.1, 0.15) is 17.5 Å². The lowest BCUT2D eigenvalue weighted by Gasteiger charge is -2.36. The van der Waals surface area contributed by atoms with Gasteiger partial charge in [0.05, 0.1) is 4.90 Å². The number of carbonyl (C=O) groups is 2. The number of nitrogens with zero attached hydrogens (tertiary/aromatic N) is 2. The molecule has 0 aliphatic carbocycles. The minimum absolute atomic E-state index is 0.181. The molecule has 1 aliphatic rings. The van der Waals surface area contributed by atoms with Crippen molar-refractivity contribution in [2.75, 3.05) is 31.1 Å². The summed E-state index contributed by atoms with van der Waals surface area (Å²) in [5.74, 6) is -0.375. The minimum Gasteiger partial charge on any atom is -0.368 e. The van der Waals surface area contributed by atoms with E-state index < -0.39 is 21.9 Å². The Morgan fingerprint density at radius 3 is 1.85 bits per heavy atom. The Hall–Kier alpha value is -4.89. The number of para-hydroxylation sites is 1. The summed E-state index contributed by atoms with van der Waals surface area (Å²) in [6, 6.07) is 35.9. The topological polar surface area (TPSA) is 98.8 Å². The molecule has 8 nitrogen and oxygen atoms in total. The second-order valence-corrected chi connectivity index (χ2v) is 13.2. The first-order valence-electron chi connectivity index (χ1n) is 15.6. The van der Waals surface area contributed by atoms with E-state index in [4.69, 9.17) is 0 Å². The molecule has 0 spiro atoms. The molecule has 1 heterocycles. The first-order chi connectivity index (χ1) is 22.4. The zero-order chi connectivity index (χ0) is 32.2. The van der Waals surface area contributed by atoms with Gasteiger partial charge < -0.3 is 20.4 Å². The van der Waals surface area contributed by atoms with Crippen molar-refractivity contribution < 1.29 is 18.0 Å². The molecule has 2 atom stereocenters. The molecule has 0 saturated carbocycles. The van der Waals surface area contributed by atoms with E-state index in [0.717, 1.165) is 22.2 Å². The monoisotopic (exact) mass is 636 g/mol. The van der Waals surface area contributed by atoms with Gasteiger partial charge in [0.25, 0.3) is 0 Å². The van der Waals surface area contributed by atoms with Crippen LogP contribution in [0.4, 0.5) is 10.5 Å². The van der Waals surface area contributed by atoms with E-state index in [1.165, 1.54) is 6.08 Å². The summed E-state index contributed by atoms with van der Waals surface area (Å²) in [5.41, 5.74) is 3.09. The standard InChI is InChI=1S/C37H40N4O4S/c42-36(38-32(22-21-30-13-5-1-6-14-30)23-28-46(44,45)34-19-11-4-12-20-34)35(29-31-15-7-2-8-16-31)39-37(43)41-26-24-40(25-27-41)33-17-9-3-10-18-33/h1-20,23,28,32,35H,21-22,24-27,29H2,(H,38,42)(H,39,43)/b28-23+/t32-,35-/m0/s1. The molecular formula is C37H40N4O4S. The number of nitrogens with one attached hydrogen (secondary N) is 2. The maximum absolute atomic E-state index is 13.9. The van der Waals surface area contributed by atoms with Gasteiger partial charge in [-0.1, -0.05) is 103 Å². The molecule has 238 valence electrons. The zero-order valence-electron chi connectivity index (χ0n) is 25.7. The lowest BCUT2D eigenvalue weighted by Crippen LogP contribution is -2.57. The molecule has 1 aliphatic heterocycles. The number of rotatable bonds is 12. The number of benzene rings is 4. The third-order valence-corrected chi connectivity index (χ3v) is 9.51. The summed E-state index contributed by atoms with van der Waals surface area (Å²) in [5, 5.41) is 7.18. The predicted octanol–water partition coefficient (Wildman–Crippen LogP) is 5.23. The van der Waals surface area contributed by atoms with Crippen LogP contribution < -0.4 is 15.5 Å². The highest BCUT2D eigenvalue weighted by Crippen LogP contribution is 2.17. The first-order valence-corrected chi connectivity index (χ1v) is 17.1. The quantitative estimate of drug-likeness (QED) is 0.222. The Kier molecular flexibility index (Phi) is 11.2. The number of piperazine rings is 1. The molecule has 4 aromatic rings. The number of sulfone groups is 1. The molecule has 2 N–H and O–H groups in total. The zero-order valence-corrected chi connectivity index (χ0v) is 26.6. The van der Waals surface area contributed by atoms with Crippen LogP contribution in [-0.2, 0) is 27.5 Å². The Morgan fingerprint density at radius 1 is 0.696 bits per heavy atom. The molecule has 1 fully saturated rings. The fourth-order valence-electron chi connectivity index (χ4n) is 5.46. The van der Waals surface area contributed by atoms with E-state index in [0.29, 0.717) is 45.4 Å². The molecule has 0 unspecified atom stereocenters. The van der Waals surface area contributed by atoms with E-state index in [2.05, 4.69) is 27.7 Å². The third-order valence-electron chi connectivity index (χ3n) is 8.06. The van der Waals surface area contributed by atoms with E-state index in [9.17, 15) is 18.0 Å². The summed E-state index contributed by atoms with van der Waals surface area (Å²) < 4.78 is 26.1. The molecule has 9 heteroatoms. The average molecular weight is 637 g/mol. The van der Waals surface area contributed by atoms with Gasteiger partial charge in [-0.25, -0.2) is 13.2 Å². The van der Waals surface area contributed by atoms with Crippen LogP contribution in [0.2, 0.25) is 0 Å². The van der Waals surface area contributed by atoms with E-state index in [1.54, 1.807) is 35.2 Å². The van der Waals surface area contributed by atoms with Gasteiger partial charge in [-0.15, -0.1) is 0 Å². The van der Waals surface area contributed by atoms with Gasteiger partial charge in [0, 0.05) is 49.7 Å². The maximum atomic E-state index is 13.9. The molecule has 0 bridgehead atoms. The van der Waals surface area contributed by atoms with Gasteiger partial charge in [-0.3, -0.25) is 4.79 Å². The number of hydrogen-bond donors (Lipinski definition) is 2. The second kappa shape index (κ2) is 15.9. The molecule has 0 aromatic heterocycles. The molecule has 46 heavy (non-hydrogen) atoms. The number of anilines is 1. The van der Waals surface area contributed by atoms with Crippen molar-refractivity contribution in [1.29, 1.82) is 0 Å². The molecule has 5 rings (SSSR count). The summed E-state index contributed by atoms with van der Waals surface area (Å²) in [6.07, 6.45) is 2.93. The highest BCUT2D eigenvalue weighted by atomic mass is 32.2. The van der Waals surface area contributed by atoms with Crippen LogP contribution in [-0.4, -0.2) is 63.5 Å². The summed E-state index contributed by atoms with van der Waals surface area (Å²) >= 11 is 0. The summed E-state index contributed by atoms with van der Waals surface area (Å²) in [6.45, 7) is 2.44. The van der Waals surface area contributed by atoms with Gasteiger partial charge in [0.15, 0.2) is 9.84 Å². The van der Waals surface area contributed by atoms with Crippen LogP contribution >= 0.6 is 0 Å². The second-order valence-electron chi connectivity index (χ2n) is 11.3. The van der Waals surface area contributed by atoms with Crippen LogP contribution in [0.25, 0.3) is 0 Å². The Morgan fingerprint density at radius 2 is 1.24 bits per heavy atom. The average Bonchev–Trinajstić information content (AvgIpc) is 3.11. The Labute approximate surface area is 271 Å². The van der Waals surface area contributed by atoms with E-state index in [-0.39, 0.29) is 16.8 Å². The fourth-order valence-corrected chi connectivity index (χ4v) is 6.55. The first kappa shape index (κ1) is 32.5. The Bertz CT molecular complexity index is 1680. The van der Waals surface area contributed by atoms with E-state index >= 15 is 0 Å². The fraction of sp³-hybridized carbons (Fsp3) is 0.243. The van der Waals surface area contributed by atoms with Crippen molar-refractivity contribution in [3.05, 3.63) is 144 Å². The van der Waals surface area contributed by atoms with E-state index in [1.807, 2.05) is 78.9 Å². The van der Waals surface area contributed by atoms with Crippen molar-refractivity contribution in [3.8, 4) is 0 Å². The minimum atomic E-state index is -3.71. The summed E-state index contributed by atoms with van der Waals surface area (Å²) in [4.78, 5) is 31.5. The van der Waals surface area contributed by atoms with Gasteiger partial charge in [-0.2, -0.15) is 0 Å². The van der Waals surface area contributed by atoms with Crippen molar-refractivity contribution in [2.24, 2.45) is 0 Å². The van der Waals surface area contributed by atoms with Crippen LogP contribution in [0.15, 0.2) is 138 Å². The van der Waals surface area contributed by atoms with Crippen molar-refractivity contribution in [1.82, 2.24) is 15.5 Å². The number of aryl methyl sites for hydroxylation is 1. The molecule has 3 amide bonds. The van der Waals surface area contributed by atoms with Gasteiger partial charge in [0.2, 0.25) is 5.91 Å². The third kappa shape index (κ3) is 9.31. The normalized spacial score (nSPS) is 14.9. The lowest BCUT2D eigenvalue weighted by molar-refractivity contribution is -0.123. The van der Waals surface area contributed by atoms with Crippen LogP contribution in [0, 0.1) is 0 Å². The van der Waals surface area contributed by atoms with Crippen molar-refractivity contribution in [3.63, 3.8) is 0 Å². The number of carbonyl (C=O) groups excluding carboxylic acids is 2. The van der Waals surface area contributed by atoms with Crippen molar-refractivity contribution in [2.45, 2.75) is 36.2 Å². The van der Waals surface area contributed by atoms with Crippen LogP contribution in [0.3, 0.4) is 0 Å². The number of amides is 3. The predicted molar refractivity (Wildman–Crippen MR) is 182 cm³/mol. The van der Waals surface area contributed by atoms with Crippen molar-refractivity contribution >= 4 is 27.5 Å². The Balaban J connectivity index is 1.30. The number of urea groups is 1. The molecule has 4 aromatic carbocycles. The molecule has 0 radical (unpaired) electrons. The lowest BCUT2D eigenvalue weighted by atomic mass is 10.0. The van der Waals surface area contributed by atoms with Gasteiger partial charge in [-0.05, 0) is 48.2 Å². The highest BCUT2D eigenvalue weighted by molar-refractivity contribution is 7.94. The van der Waals surface area contributed by atoms with Crippen LogP contribution in [0.5, 0.6) is 0 Å². The maximum Gasteiger partial charge on any atom is 0.318 e. The van der Waals surface area contributed by atoms with Gasteiger partial charge in [0.1, 0.15) is 6.04 Å². The van der Waals surface area contributed by atoms with Gasteiger partial charge >= 0.3 is 6.03 Å². The SMILES string of the molecule is O=C(N[C@H](/C=C/S(=O)(=O)c1ccccc1)CCc1ccccc1)[C@H](Cc1ccccc1)NC(=O)N1CCN(c2ccccc2)CC1. The largest absolute Gasteiger partial charge is 0.368 e. The smallest absolute Gasteiger partial charge is 0.318 e. The number of hydrogen-bond acceptors (Lipinski definition) is 5. The highest BCUT2D eigenvalue weighted by Gasteiger charge is 2.28.